The average molecular weight is 421 g/mol. The number of nitrogens with zero attached hydrogens (tertiary/aromatic N) is 3. The molecule has 1 amide bonds. The van der Waals surface area contributed by atoms with E-state index in [2.05, 4.69) is 32.7 Å². The number of hydrogen-bond acceptors (Lipinski definition) is 5. The molecular weight excluding hydrogens is 395 g/mol. The summed E-state index contributed by atoms with van der Waals surface area (Å²) >= 11 is 0. The van der Waals surface area contributed by atoms with Crippen molar-refractivity contribution in [3.05, 3.63) is 35.4 Å². The number of halogens is 3. The second-order valence-electron chi connectivity index (χ2n) is 7.58. The molecule has 30 heavy (non-hydrogen) atoms. The van der Waals surface area contributed by atoms with Crippen LogP contribution in [0.1, 0.15) is 37.8 Å². The SMILES string of the molecule is CCN1CCC[C@@H](Nc2nnc(-c3ccc(C(F)(F)F)cc3NC(C)=O)cc2C)C1. The number of likely N-dealkylation sites (tertiary alicyclic amines) is 1. The molecule has 1 fully saturated rings. The Morgan fingerprint density at radius 1 is 1.27 bits per heavy atom. The minimum atomic E-state index is -4.51. The topological polar surface area (TPSA) is 70.2 Å². The van der Waals surface area contributed by atoms with Crippen molar-refractivity contribution in [2.45, 2.75) is 45.8 Å². The van der Waals surface area contributed by atoms with Crippen LogP contribution in [0.15, 0.2) is 24.3 Å². The number of benzene rings is 1. The lowest BCUT2D eigenvalue weighted by Crippen LogP contribution is -2.42. The maximum Gasteiger partial charge on any atom is 0.416 e. The van der Waals surface area contributed by atoms with Crippen LogP contribution in [0.2, 0.25) is 0 Å². The summed E-state index contributed by atoms with van der Waals surface area (Å²) in [4.78, 5) is 13.9. The first-order valence-electron chi connectivity index (χ1n) is 9.99. The van der Waals surface area contributed by atoms with Gasteiger partial charge in [0, 0.05) is 25.1 Å². The third-order valence-electron chi connectivity index (χ3n) is 5.21. The van der Waals surface area contributed by atoms with Crippen LogP contribution in [-0.4, -0.2) is 46.7 Å². The Kier molecular flexibility index (Phi) is 6.60. The van der Waals surface area contributed by atoms with Gasteiger partial charge in [0.2, 0.25) is 5.91 Å². The van der Waals surface area contributed by atoms with Gasteiger partial charge in [-0.15, -0.1) is 10.2 Å². The Labute approximate surface area is 173 Å². The molecular formula is C21H26F3N5O. The van der Waals surface area contributed by atoms with Crippen LogP contribution in [0.5, 0.6) is 0 Å². The molecule has 1 atom stereocenters. The molecule has 0 spiro atoms. The largest absolute Gasteiger partial charge is 0.416 e. The second kappa shape index (κ2) is 8.99. The highest BCUT2D eigenvalue weighted by atomic mass is 19.4. The maximum atomic E-state index is 13.1. The third kappa shape index (κ3) is 5.27. The number of anilines is 2. The van der Waals surface area contributed by atoms with Gasteiger partial charge >= 0.3 is 6.18 Å². The van der Waals surface area contributed by atoms with Gasteiger partial charge in [-0.3, -0.25) is 4.79 Å². The van der Waals surface area contributed by atoms with Crippen molar-refractivity contribution in [3.63, 3.8) is 0 Å². The monoisotopic (exact) mass is 421 g/mol. The predicted molar refractivity (Wildman–Crippen MR) is 110 cm³/mol. The summed E-state index contributed by atoms with van der Waals surface area (Å²) in [6, 6.07) is 5.25. The van der Waals surface area contributed by atoms with Crippen molar-refractivity contribution in [2.75, 3.05) is 30.3 Å². The summed E-state index contributed by atoms with van der Waals surface area (Å²) in [5.74, 6) is 0.200. The lowest BCUT2D eigenvalue weighted by molar-refractivity contribution is -0.137. The predicted octanol–water partition coefficient (Wildman–Crippen LogP) is 4.33. The molecule has 0 bridgehead atoms. The normalized spacial score (nSPS) is 17.6. The van der Waals surface area contributed by atoms with Crippen molar-refractivity contribution in [1.29, 1.82) is 0 Å². The van der Waals surface area contributed by atoms with E-state index in [1.54, 1.807) is 6.07 Å². The molecule has 6 nitrogen and oxygen atoms in total. The van der Waals surface area contributed by atoms with E-state index in [-0.39, 0.29) is 11.7 Å². The van der Waals surface area contributed by atoms with Gasteiger partial charge in [0.25, 0.3) is 0 Å². The quantitative estimate of drug-likeness (QED) is 0.752. The average Bonchev–Trinajstić information content (AvgIpc) is 2.68. The highest BCUT2D eigenvalue weighted by molar-refractivity contribution is 5.93. The summed E-state index contributed by atoms with van der Waals surface area (Å²) in [6.45, 7) is 8.30. The fraction of sp³-hybridized carbons (Fsp3) is 0.476. The van der Waals surface area contributed by atoms with Crippen LogP contribution in [0.25, 0.3) is 11.3 Å². The number of amides is 1. The number of alkyl halides is 3. The number of rotatable bonds is 5. The molecule has 0 unspecified atom stereocenters. The molecule has 1 aromatic heterocycles. The number of likely N-dealkylation sites (N-methyl/N-ethyl adjacent to an activating group) is 1. The highest BCUT2D eigenvalue weighted by Crippen LogP contribution is 2.35. The summed E-state index contributed by atoms with van der Waals surface area (Å²) in [7, 11) is 0. The third-order valence-corrected chi connectivity index (χ3v) is 5.21. The fourth-order valence-electron chi connectivity index (χ4n) is 3.65. The summed E-state index contributed by atoms with van der Waals surface area (Å²) in [5.41, 5.74) is 0.833. The van der Waals surface area contributed by atoms with Crippen LogP contribution in [0, 0.1) is 6.92 Å². The number of nitrogens with one attached hydrogen (secondary N) is 2. The van der Waals surface area contributed by atoms with E-state index in [0.29, 0.717) is 17.1 Å². The Morgan fingerprint density at radius 2 is 2.03 bits per heavy atom. The lowest BCUT2D eigenvalue weighted by atomic mass is 10.0. The molecule has 1 aliphatic heterocycles. The number of carbonyl (C=O) groups excluding carboxylic acids is 1. The van der Waals surface area contributed by atoms with Gasteiger partial charge in [0.1, 0.15) is 0 Å². The van der Waals surface area contributed by atoms with Gasteiger partial charge in [0.15, 0.2) is 5.82 Å². The van der Waals surface area contributed by atoms with Gasteiger partial charge in [-0.05, 0) is 56.6 Å². The van der Waals surface area contributed by atoms with Gasteiger partial charge < -0.3 is 15.5 Å². The van der Waals surface area contributed by atoms with E-state index in [1.807, 2.05) is 6.92 Å². The molecule has 0 saturated carbocycles. The first-order chi connectivity index (χ1) is 14.2. The van der Waals surface area contributed by atoms with Gasteiger partial charge in [-0.25, -0.2) is 0 Å². The molecule has 9 heteroatoms. The number of aryl methyl sites for hydroxylation is 1. The molecule has 162 valence electrons. The molecule has 1 saturated heterocycles. The van der Waals surface area contributed by atoms with E-state index in [9.17, 15) is 18.0 Å². The Hall–Kier alpha value is -2.68. The Balaban J connectivity index is 1.87. The highest BCUT2D eigenvalue weighted by Gasteiger charge is 2.31. The summed E-state index contributed by atoms with van der Waals surface area (Å²) < 4.78 is 39.2. The van der Waals surface area contributed by atoms with Crippen LogP contribution < -0.4 is 10.6 Å². The van der Waals surface area contributed by atoms with Crippen LogP contribution in [0.3, 0.4) is 0 Å². The van der Waals surface area contributed by atoms with Crippen molar-refractivity contribution in [2.24, 2.45) is 0 Å². The van der Waals surface area contributed by atoms with E-state index in [1.165, 1.54) is 13.0 Å². The number of carbonyl (C=O) groups is 1. The standard InChI is InChI=1S/C21H26F3N5O/c1-4-29-9-5-6-16(12-29)26-20-13(2)10-19(27-28-20)17-8-7-15(21(22,23)24)11-18(17)25-14(3)30/h7-8,10-11,16H,4-6,9,12H2,1-3H3,(H,25,30)(H,26,28)/t16-/m1/s1. The van der Waals surface area contributed by atoms with Crippen molar-refractivity contribution >= 4 is 17.4 Å². The number of hydrogen-bond donors (Lipinski definition) is 2. The van der Waals surface area contributed by atoms with E-state index >= 15 is 0 Å². The molecule has 2 N–H and O–H groups in total. The molecule has 2 heterocycles. The number of aromatic nitrogens is 2. The molecule has 1 aliphatic rings. The molecule has 1 aromatic carbocycles. The lowest BCUT2D eigenvalue weighted by Gasteiger charge is -2.32. The van der Waals surface area contributed by atoms with E-state index < -0.39 is 17.6 Å². The summed E-state index contributed by atoms with van der Waals surface area (Å²) in [6.07, 6.45) is -2.35. The van der Waals surface area contributed by atoms with Crippen molar-refractivity contribution in [1.82, 2.24) is 15.1 Å². The molecule has 0 aliphatic carbocycles. The zero-order valence-electron chi connectivity index (χ0n) is 17.3. The summed E-state index contributed by atoms with van der Waals surface area (Å²) in [5, 5.41) is 14.4. The zero-order chi connectivity index (χ0) is 21.9. The van der Waals surface area contributed by atoms with E-state index in [0.717, 1.165) is 50.2 Å². The van der Waals surface area contributed by atoms with Gasteiger partial charge in [0.05, 0.1) is 16.9 Å². The van der Waals surface area contributed by atoms with Gasteiger partial charge in [-0.2, -0.15) is 13.2 Å². The minimum absolute atomic E-state index is 0.0533. The number of piperidine rings is 1. The fourth-order valence-corrected chi connectivity index (χ4v) is 3.65. The Morgan fingerprint density at radius 3 is 2.67 bits per heavy atom. The van der Waals surface area contributed by atoms with Gasteiger partial charge in [-0.1, -0.05) is 13.0 Å². The molecule has 2 aromatic rings. The van der Waals surface area contributed by atoms with Crippen LogP contribution in [0.4, 0.5) is 24.7 Å². The minimum Gasteiger partial charge on any atom is -0.364 e. The molecule has 3 rings (SSSR count). The first kappa shape index (κ1) is 22.0. The van der Waals surface area contributed by atoms with Crippen LogP contribution >= 0.6 is 0 Å². The Bertz CT molecular complexity index is 916. The maximum absolute atomic E-state index is 13.1. The van der Waals surface area contributed by atoms with E-state index in [4.69, 9.17) is 0 Å². The van der Waals surface area contributed by atoms with Crippen molar-refractivity contribution in [3.8, 4) is 11.3 Å². The zero-order valence-corrected chi connectivity index (χ0v) is 17.3. The van der Waals surface area contributed by atoms with Crippen LogP contribution in [-0.2, 0) is 11.0 Å². The molecule has 0 radical (unpaired) electrons. The second-order valence-corrected chi connectivity index (χ2v) is 7.58. The smallest absolute Gasteiger partial charge is 0.364 e. The van der Waals surface area contributed by atoms with Crippen molar-refractivity contribution < 1.29 is 18.0 Å². The first-order valence-corrected chi connectivity index (χ1v) is 9.99.